The molecule has 1 saturated carbocycles. The van der Waals surface area contributed by atoms with E-state index in [4.69, 9.17) is 9.52 Å². The molecule has 0 atom stereocenters. The molecule has 15 heavy (non-hydrogen) atoms. The molecule has 2 rings (SSSR count). The van der Waals surface area contributed by atoms with Crippen LogP contribution in [0.1, 0.15) is 48.0 Å². The third kappa shape index (κ3) is 2.18. The molecule has 1 fully saturated rings. The number of hydrogen-bond donors (Lipinski definition) is 2. The number of carboxylic acid groups (broad SMARTS) is 1. The lowest BCUT2D eigenvalue weighted by Crippen LogP contribution is -2.17. The normalized spacial score (nSPS) is 26.5. The number of nitrogens with zero attached hydrogens (tertiary/aromatic N) is 1. The van der Waals surface area contributed by atoms with Gasteiger partial charge in [0.15, 0.2) is 5.89 Å². The van der Waals surface area contributed by atoms with Crippen molar-refractivity contribution >= 4 is 5.97 Å². The molecule has 0 spiro atoms. The molecule has 1 aromatic heterocycles. The topological polar surface area (TPSA) is 83.6 Å². The minimum atomic E-state index is -1.09. The summed E-state index contributed by atoms with van der Waals surface area (Å²) in [5, 5.41) is 18.0. The molecule has 0 amide bonds. The van der Waals surface area contributed by atoms with Gasteiger partial charge in [0.2, 0.25) is 5.76 Å². The van der Waals surface area contributed by atoms with E-state index in [-0.39, 0.29) is 17.8 Å². The summed E-state index contributed by atoms with van der Waals surface area (Å²) < 4.78 is 5.13. The molecule has 0 aliphatic heterocycles. The SMILES string of the molecule is O=C(O)c1cnc(C2CCC(O)CC2)o1. The van der Waals surface area contributed by atoms with E-state index >= 15 is 0 Å². The van der Waals surface area contributed by atoms with E-state index in [2.05, 4.69) is 4.98 Å². The van der Waals surface area contributed by atoms with Crippen molar-refractivity contribution in [2.24, 2.45) is 0 Å². The first-order valence-electron chi connectivity index (χ1n) is 5.04. The Kier molecular flexibility index (Phi) is 2.73. The number of aromatic carboxylic acids is 1. The predicted octanol–water partition coefficient (Wildman–Crippen LogP) is 1.39. The predicted molar refractivity (Wildman–Crippen MR) is 50.7 cm³/mol. The molecule has 0 radical (unpaired) electrons. The summed E-state index contributed by atoms with van der Waals surface area (Å²) in [5.74, 6) is -0.568. The zero-order chi connectivity index (χ0) is 10.8. The van der Waals surface area contributed by atoms with Gasteiger partial charge >= 0.3 is 5.97 Å². The van der Waals surface area contributed by atoms with Crippen molar-refractivity contribution in [3.63, 3.8) is 0 Å². The number of carbonyl (C=O) groups is 1. The van der Waals surface area contributed by atoms with Crippen molar-refractivity contribution in [3.05, 3.63) is 17.8 Å². The number of aromatic nitrogens is 1. The molecule has 0 saturated heterocycles. The van der Waals surface area contributed by atoms with Gasteiger partial charge in [-0.1, -0.05) is 0 Å². The summed E-state index contributed by atoms with van der Waals surface area (Å²) in [6.45, 7) is 0. The van der Waals surface area contributed by atoms with E-state index in [1.807, 2.05) is 0 Å². The van der Waals surface area contributed by atoms with Gasteiger partial charge in [0.05, 0.1) is 12.3 Å². The molecule has 5 heteroatoms. The summed E-state index contributed by atoms with van der Waals surface area (Å²) in [7, 11) is 0. The zero-order valence-corrected chi connectivity index (χ0v) is 8.22. The smallest absolute Gasteiger partial charge is 0.373 e. The molecule has 1 aromatic rings. The number of hydrogen-bond acceptors (Lipinski definition) is 4. The fourth-order valence-corrected chi connectivity index (χ4v) is 1.90. The van der Waals surface area contributed by atoms with Crippen molar-refractivity contribution in [3.8, 4) is 0 Å². The zero-order valence-electron chi connectivity index (χ0n) is 8.22. The number of carboxylic acids is 1. The lowest BCUT2D eigenvalue weighted by molar-refractivity contribution is 0.0656. The summed E-state index contributed by atoms with van der Waals surface area (Å²) in [6.07, 6.45) is 4.09. The number of oxazole rings is 1. The van der Waals surface area contributed by atoms with Crippen LogP contribution in [0.3, 0.4) is 0 Å². The third-order valence-corrected chi connectivity index (χ3v) is 2.78. The highest BCUT2D eigenvalue weighted by molar-refractivity contribution is 5.83. The Morgan fingerprint density at radius 3 is 2.60 bits per heavy atom. The van der Waals surface area contributed by atoms with Gasteiger partial charge in [-0.05, 0) is 25.7 Å². The van der Waals surface area contributed by atoms with Gasteiger partial charge in [0.1, 0.15) is 0 Å². The molecule has 5 nitrogen and oxygen atoms in total. The molecular weight excluding hydrogens is 198 g/mol. The van der Waals surface area contributed by atoms with Crippen LogP contribution < -0.4 is 0 Å². The number of rotatable bonds is 2. The largest absolute Gasteiger partial charge is 0.475 e. The number of aliphatic hydroxyl groups excluding tert-OH is 1. The van der Waals surface area contributed by atoms with E-state index in [0.717, 1.165) is 25.7 Å². The Morgan fingerprint density at radius 2 is 2.07 bits per heavy atom. The highest BCUT2D eigenvalue weighted by Gasteiger charge is 2.25. The Hall–Kier alpha value is -1.36. The van der Waals surface area contributed by atoms with Crippen molar-refractivity contribution in [1.82, 2.24) is 4.98 Å². The van der Waals surface area contributed by atoms with E-state index in [1.165, 1.54) is 6.20 Å². The average Bonchev–Trinajstić information content (AvgIpc) is 2.68. The summed E-state index contributed by atoms with van der Waals surface area (Å²) in [5.41, 5.74) is 0. The first-order chi connectivity index (χ1) is 7.16. The van der Waals surface area contributed by atoms with Crippen LogP contribution >= 0.6 is 0 Å². The maximum absolute atomic E-state index is 10.6. The van der Waals surface area contributed by atoms with Crippen molar-refractivity contribution in [1.29, 1.82) is 0 Å². The molecular formula is C10H13NO4. The van der Waals surface area contributed by atoms with Crippen LogP contribution in [-0.4, -0.2) is 27.3 Å². The third-order valence-electron chi connectivity index (χ3n) is 2.78. The van der Waals surface area contributed by atoms with Gasteiger partial charge in [0, 0.05) is 5.92 Å². The fourth-order valence-electron chi connectivity index (χ4n) is 1.90. The second-order valence-electron chi connectivity index (χ2n) is 3.87. The maximum atomic E-state index is 10.6. The molecule has 82 valence electrons. The van der Waals surface area contributed by atoms with Crippen LogP contribution in [0, 0.1) is 0 Å². The molecule has 2 N–H and O–H groups in total. The van der Waals surface area contributed by atoms with Crippen LogP contribution in [0.15, 0.2) is 10.6 Å². The summed E-state index contributed by atoms with van der Waals surface area (Å²) in [4.78, 5) is 14.5. The quantitative estimate of drug-likeness (QED) is 0.772. The lowest BCUT2D eigenvalue weighted by Gasteiger charge is -2.22. The van der Waals surface area contributed by atoms with Crippen LogP contribution in [-0.2, 0) is 0 Å². The van der Waals surface area contributed by atoms with Gasteiger partial charge in [0.25, 0.3) is 0 Å². The van der Waals surface area contributed by atoms with Gasteiger partial charge < -0.3 is 14.6 Å². The van der Waals surface area contributed by atoms with Crippen molar-refractivity contribution in [2.45, 2.75) is 37.7 Å². The minimum Gasteiger partial charge on any atom is -0.475 e. The van der Waals surface area contributed by atoms with Crippen LogP contribution in [0.4, 0.5) is 0 Å². The molecule has 1 heterocycles. The van der Waals surface area contributed by atoms with E-state index < -0.39 is 5.97 Å². The van der Waals surface area contributed by atoms with Crippen LogP contribution in [0.2, 0.25) is 0 Å². The van der Waals surface area contributed by atoms with Crippen LogP contribution in [0.25, 0.3) is 0 Å². The molecule has 0 unspecified atom stereocenters. The fraction of sp³-hybridized carbons (Fsp3) is 0.600. The molecule has 1 aliphatic rings. The molecule has 0 aromatic carbocycles. The monoisotopic (exact) mass is 211 g/mol. The van der Waals surface area contributed by atoms with Gasteiger partial charge in [-0.25, -0.2) is 9.78 Å². The van der Waals surface area contributed by atoms with E-state index in [9.17, 15) is 9.90 Å². The first-order valence-corrected chi connectivity index (χ1v) is 5.04. The number of aliphatic hydroxyl groups is 1. The Labute approximate surface area is 86.7 Å². The van der Waals surface area contributed by atoms with E-state index in [0.29, 0.717) is 5.89 Å². The van der Waals surface area contributed by atoms with Crippen molar-refractivity contribution in [2.75, 3.05) is 0 Å². The lowest BCUT2D eigenvalue weighted by atomic mass is 9.87. The van der Waals surface area contributed by atoms with Crippen LogP contribution in [0.5, 0.6) is 0 Å². The summed E-state index contributed by atoms with van der Waals surface area (Å²) >= 11 is 0. The highest BCUT2D eigenvalue weighted by Crippen LogP contribution is 2.32. The van der Waals surface area contributed by atoms with Crippen molar-refractivity contribution < 1.29 is 19.4 Å². The van der Waals surface area contributed by atoms with Gasteiger partial charge in [-0.3, -0.25) is 0 Å². The van der Waals surface area contributed by atoms with Gasteiger partial charge in [-0.15, -0.1) is 0 Å². The summed E-state index contributed by atoms with van der Waals surface area (Å²) in [6, 6.07) is 0. The average molecular weight is 211 g/mol. The highest BCUT2D eigenvalue weighted by atomic mass is 16.4. The Bertz CT molecular complexity index is 352. The Morgan fingerprint density at radius 1 is 1.40 bits per heavy atom. The van der Waals surface area contributed by atoms with Gasteiger partial charge in [-0.2, -0.15) is 0 Å². The first kappa shape index (κ1) is 10.2. The maximum Gasteiger partial charge on any atom is 0.373 e. The van der Waals surface area contributed by atoms with E-state index in [1.54, 1.807) is 0 Å². The minimum absolute atomic E-state index is 0.115. The molecule has 0 bridgehead atoms. The molecule has 1 aliphatic carbocycles. The standard InChI is InChI=1S/C10H13NO4/c12-7-3-1-6(2-4-7)9-11-5-8(15-9)10(13)14/h5-7,12H,1-4H2,(H,13,14). The Balaban J connectivity index is 2.06. The second kappa shape index (κ2) is 4.02. The second-order valence-corrected chi connectivity index (χ2v) is 3.87.